The fourth-order valence-corrected chi connectivity index (χ4v) is 1.28. The van der Waals surface area contributed by atoms with E-state index in [1.54, 1.807) is 25.1 Å². The van der Waals surface area contributed by atoms with Crippen LogP contribution in [0.1, 0.15) is 5.56 Å². The topological polar surface area (TPSA) is 81.5 Å². The standard InChI is InChI=1S/C10H12N2O4/c1-7-4-3-5-8(10(7)12(14)15)11-6-9(13)16-2/h3-5,11H,6H2,1-2H3. The lowest BCUT2D eigenvalue weighted by molar-refractivity contribution is -0.384. The molecule has 6 nitrogen and oxygen atoms in total. The fraction of sp³-hybridized carbons (Fsp3) is 0.300. The van der Waals surface area contributed by atoms with Crippen LogP contribution >= 0.6 is 0 Å². The molecule has 0 aliphatic heterocycles. The van der Waals surface area contributed by atoms with Crippen molar-refractivity contribution in [1.82, 2.24) is 0 Å². The zero-order valence-electron chi connectivity index (χ0n) is 9.02. The largest absolute Gasteiger partial charge is 0.468 e. The molecule has 0 aliphatic rings. The van der Waals surface area contributed by atoms with Gasteiger partial charge in [0, 0.05) is 5.56 Å². The molecule has 1 aromatic carbocycles. The van der Waals surface area contributed by atoms with Gasteiger partial charge < -0.3 is 10.1 Å². The minimum Gasteiger partial charge on any atom is -0.468 e. The van der Waals surface area contributed by atoms with Gasteiger partial charge in [-0.15, -0.1) is 0 Å². The van der Waals surface area contributed by atoms with Crippen LogP contribution in [0.25, 0.3) is 0 Å². The van der Waals surface area contributed by atoms with E-state index in [1.165, 1.54) is 7.11 Å². The highest BCUT2D eigenvalue weighted by Crippen LogP contribution is 2.27. The van der Waals surface area contributed by atoms with E-state index in [0.717, 1.165) is 0 Å². The molecule has 0 fully saturated rings. The highest BCUT2D eigenvalue weighted by Gasteiger charge is 2.16. The number of aryl methyl sites for hydroxylation is 1. The number of para-hydroxylation sites is 1. The Morgan fingerprint density at radius 2 is 2.25 bits per heavy atom. The molecular formula is C10H12N2O4. The summed E-state index contributed by atoms with van der Waals surface area (Å²) in [4.78, 5) is 21.2. The first-order chi connectivity index (χ1) is 7.56. The maximum atomic E-state index is 10.9. The Morgan fingerprint density at radius 1 is 1.56 bits per heavy atom. The van der Waals surface area contributed by atoms with Gasteiger partial charge in [0.2, 0.25) is 0 Å². The van der Waals surface area contributed by atoms with Crippen molar-refractivity contribution in [2.45, 2.75) is 6.92 Å². The number of nitro groups is 1. The lowest BCUT2D eigenvalue weighted by atomic mass is 10.1. The Hall–Kier alpha value is -2.11. The molecule has 0 atom stereocenters. The first kappa shape index (κ1) is 12.0. The van der Waals surface area contributed by atoms with Gasteiger partial charge >= 0.3 is 5.97 Å². The van der Waals surface area contributed by atoms with Crippen LogP contribution in [-0.4, -0.2) is 24.5 Å². The number of nitrogens with one attached hydrogen (secondary N) is 1. The van der Waals surface area contributed by atoms with Gasteiger partial charge in [-0.05, 0) is 13.0 Å². The number of ether oxygens (including phenoxy) is 1. The van der Waals surface area contributed by atoms with Crippen molar-refractivity contribution in [2.75, 3.05) is 19.0 Å². The van der Waals surface area contributed by atoms with Gasteiger partial charge in [-0.2, -0.15) is 0 Å². The molecule has 0 saturated heterocycles. The van der Waals surface area contributed by atoms with Gasteiger partial charge in [-0.1, -0.05) is 12.1 Å². The van der Waals surface area contributed by atoms with Crippen LogP contribution in [0.2, 0.25) is 0 Å². The maximum Gasteiger partial charge on any atom is 0.325 e. The van der Waals surface area contributed by atoms with E-state index in [-0.39, 0.29) is 12.2 Å². The minimum absolute atomic E-state index is 0.0218. The molecule has 1 aromatic rings. The van der Waals surface area contributed by atoms with Gasteiger partial charge in [-0.3, -0.25) is 14.9 Å². The van der Waals surface area contributed by atoms with Crippen LogP contribution in [0, 0.1) is 17.0 Å². The molecule has 0 heterocycles. The van der Waals surface area contributed by atoms with Gasteiger partial charge in [-0.25, -0.2) is 0 Å². The second kappa shape index (κ2) is 5.11. The molecule has 16 heavy (non-hydrogen) atoms. The Bertz CT molecular complexity index is 417. The molecule has 0 aliphatic carbocycles. The highest BCUT2D eigenvalue weighted by atomic mass is 16.6. The monoisotopic (exact) mass is 224 g/mol. The molecule has 1 rings (SSSR count). The lowest BCUT2D eigenvalue weighted by Gasteiger charge is -2.07. The molecule has 0 unspecified atom stereocenters. The number of carbonyl (C=O) groups is 1. The predicted octanol–water partition coefficient (Wildman–Crippen LogP) is 1.49. The summed E-state index contributed by atoms with van der Waals surface area (Å²) in [5, 5.41) is 13.5. The summed E-state index contributed by atoms with van der Waals surface area (Å²) < 4.78 is 4.43. The van der Waals surface area contributed by atoms with Crippen molar-refractivity contribution in [3.63, 3.8) is 0 Å². The lowest BCUT2D eigenvalue weighted by Crippen LogP contribution is -2.15. The third-order valence-electron chi connectivity index (χ3n) is 2.07. The van der Waals surface area contributed by atoms with Crippen LogP contribution in [-0.2, 0) is 9.53 Å². The normalized spacial score (nSPS) is 9.62. The molecule has 0 radical (unpaired) electrons. The smallest absolute Gasteiger partial charge is 0.325 e. The summed E-state index contributed by atoms with van der Waals surface area (Å²) in [6, 6.07) is 4.87. The zero-order chi connectivity index (χ0) is 12.1. The zero-order valence-corrected chi connectivity index (χ0v) is 9.02. The van der Waals surface area contributed by atoms with Gasteiger partial charge in [0.15, 0.2) is 0 Å². The van der Waals surface area contributed by atoms with E-state index < -0.39 is 10.9 Å². The number of esters is 1. The van der Waals surface area contributed by atoms with Crippen molar-refractivity contribution < 1.29 is 14.5 Å². The first-order valence-corrected chi connectivity index (χ1v) is 4.61. The Balaban J connectivity index is 2.91. The number of nitro benzene ring substituents is 1. The summed E-state index contributed by atoms with van der Waals surface area (Å²) in [7, 11) is 1.26. The molecule has 0 amide bonds. The Morgan fingerprint density at radius 3 is 2.81 bits per heavy atom. The number of carbonyl (C=O) groups excluding carboxylic acids is 1. The number of rotatable bonds is 4. The number of methoxy groups -OCH3 is 1. The van der Waals surface area contributed by atoms with Crippen molar-refractivity contribution >= 4 is 17.3 Å². The van der Waals surface area contributed by atoms with Crippen molar-refractivity contribution in [3.05, 3.63) is 33.9 Å². The molecule has 86 valence electrons. The summed E-state index contributed by atoms with van der Waals surface area (Å²) in [6.45, 7) is 1.54. The van der Waals surface area contributed by atoms with E-state index in [4.69, 9.17) is 0 Å². The molecule has 6 heteroatoms. The number of hydrogen-bond acceptors (Lipinski definition) is 5. The van der Waals surface area contributed by atoms with Crippen LogP contribution in [0.4, 0.5) is 11.4 Å². The summed E-state index contributed by atoms with van der Waals surface area (Å²) in [5.74, 6) is -0.476. The number of anilines is 1. The molecule has 0 bridgehead atoms. The number of hydrogen-bond donors (Lipinski definition) is 1. The second-order valence-electron chi connectivity index (χ2n) is 3.16. The van der Waals surface area contributed by atoms with Crippen LogP contribution in [0.5, 0.6) is 0 Å². The van der Waals surface area contributed by atoms with Crippen LogP contribution in [0.3, 0.4) is 0 Å². The molecule has 0 aromatic heterocycles. The summed E-state index contributed by atoms with van der Waals surface area (Å²) in [5.41, 5.74) is 0.835. The van der Waals surface area contributed by atoms with E-state index >= 15 is 0 Å². The summed E-state index contributed by atoms with van der Waals surface area (Å²) >= 11 is 0. The van der Waals surface area contributed by atoms with Gasteiger partial charge in [0.25, 0.3) is 5.69 Å². The van der Waals surface area contributed by atoms with E-state index in [1.807, 2.05) is 0 Å². The third kappa shape index (κ3) is 2.69. The Labute approximate surface area is 92.4 Å². The van der Waals surface area contributed by atoms with Crippen molar-refractivity contribution in [3.8, 4) is 0 Å². The first-order valence-electron chi connectivity index (χ1n) is 4.61. The quantitative estimate of drug-likeness (QED) is 0.476. The van der Waals surface area contributed by atoms with Crippen LogP contribution < -0.4 is 5.32 Å². The van der Waals surface area contributed by atoms with Crippen molar-refractivity contribution in [2.24, 2.45) is 0 Å². The van der Waals surface area contributed by atoms with E-state index in [9.17, 15) is 14.9 Å². The average Bonchev–Trinajstić information content (AvgIpc) is 2.25. The van der Waals surface area contributed by atoms with E-state index in [0.29, 0.717) is 11.3 Å². The molecular weight excluding hydrogens is 212 g/mol. The summed E-state index contributed by atoms with van der Waals surface area (Å²) in [6.07, 6.45) is 0. The van der Waals surface area contributed by atoms with Crippen molar-refractivity contribution in [1.29, 1.82) is 0 Å². The SMILES string of the molecule is COC(=O)CNc1cccc(C)c1[N+](=O)[O-]. The second-order valence-corrected chi connectivity index (χ2v) is 3.16. The predicted molar refractivity (Wildman–Crippen MR) is 58.3 cm³/mol. The van der Waals surface area contributed by atoms with E-state index in [2.05, 4.69) is 10.1 Å². The van der Waals surface area contributed by atoms with Gasteiger partial charge in [0.1, 0.15) is 12.2 Å². The maximum absolute atomic E-state index is 10.9. The molecule has 1 N–H and O–H groups in total. The fourth-order valence-electron chi connectivity index (χ4n) is 1.28. The third-order valence-corrected chi connectivity index (χ3v) is 2.07. The minimum atomic E-state index is -0.477. The molecule has 0 spiro atoms. The molecule has 0 saturated carbocycles. The number of benzene rings is 1. The van der Waals surface area contributed by atoms with Gasteiger partial charge in [0.05, 0.1) is 12.0 Å². The number of nitrogens with zero attached hydrogens (tertiary/aromatic N) is 1. The average molecular weight is 224 g/mol. The van der Waals surface area contributed by atoms with Crippen LogP contribution in [0.15, 0.2) is 18.2 Å². The highest BCUT2D eigenvalue weighted by molar-refractivity contribution is 5.77. The Kier molecular flexibility index (Phi) is 3.82.